The van der Waals surface area contributed by atoms with Crippen LogP contribution in [0.2, 0.25) is 0 Å². The van der Waals surface area contributed by atoms with Crippen molar-refractivity contribution in [2.75, 3.05) is 46.4 Å². The predicted molar refractivity (Wildman–Crippen MR) is 98.6 cm³/mol. The lowest BCUT2D eigenvalue weighted by Crippen LogP contribution is -2.44. The first kappa shape index (κ1) is 18.3. The van der Waals surface area contributed by atoms with Crippen molar-refractivity contribution in [3.05, 3.63) is 29.3 Å². The molecule has 1 aromatic carbocycles. The molecule has 1 aliphatic rings. The van der Waals surface area contributed by atoms with Crippen LogP contribution < -0.4 is 4.74 Å². The summed E-state index contributed by atoms with van der Waals surface area (Å²) in [5, 5.41) is 0. The van der Waals surface area contributed by atoms with Crippen LogP contribution >= 0.6 is 0 Å². The standard InChI is InChI=1S/C20H34N2O/c1-5-17(3)19-16-18(9-10-20(19)23-6-2)8-7-11-22-14-12-21(4)13-15-22/h9-10,16-17H,5-8,11-15H2,1-4H3. The first-order chi connectivity index (χ1) is 11.1. The van der Waals surface area contributed by atoms with Crippen molar-refractivity contribution in [1.29, 1.82) is 0 Å². The zero-order valence-corrected chi connectivity index (χ0v) is 15.5. The smallest absolute Gasteiger partial charge is 0.122 e. The Balaban J connectivity index is 1.89. The molecule has 0 N–H and O–H groups in total. The molecule has 3 heteroatoms. The number of aryl methyl sites for hydroxylation is 1. The van der Waals surface area contributed by atoms with E-state index in [-0.39, 0.29) is 0 Å². The SMILES string of the molecule is CCOc1ccc(CCCN2CCN(C)CC2)cc1C(C)CC. The van der Waals surface area contributed by atoms with Gasteiger partial charge in [0, 0.05) is 26.2 Å². The highest BCUT2D eigenvalue weighted by Crippen LogP contribution is 2.30. The van der Waals surface area contributed by atoms with Gasteiger partial charge >= 0.3 is 0 Å². The number of rotatable bonds is 8. The molecule has 0 saturated carbocycles. The molecule has 0 spiro atoms. The van der Waals surface area contributed by atoms with Crippen molar-refractivity contribution < 1.29 is 4.74 Å². The van der Waals surface area contributed by atoms with Crippen LogP contribution in [0.25, 0.3) is 0 Å². The largest absolute Gasteiger partial charge is 0.494 e. The molecule has 2 rings (SSSR count). The molecule has 0 radical (unpaired) electrons. The molecule has 1 fully saturated rings. The summed E-state index contributed by atoms with van der Waals surface area (Å²) >= 11 is 0. The summed E-state index contributed by atoms with van der Waals surface area (Å²) in [6.45, 7) is 13.4. The molecule has 0 amide bonds. The van der Waals surface area contributed by atoms with Crippen LogP contribution in [0.15, 0.2) is 18.2 Å². The summed E-state index contributed by atoms with van der Waals surface area (Å²) < 4.78 is 5.81. The minimum atomic E-state index is 0.564. The molecule has 1 atom stereocenters. The van der Waals surface area contributed by atoms with Gasteiger partial charge in [-0.2, -0.15) is 0 Å². The lowest BCUT2D eigenvalue weighted by molar-refractivity contribution is 0.153. The van der Waals surface area contributed by atoms with Crippen molar-refractivity contribution in [3.63, 3.8) is 0 Å². The van der Waals surface area contributed by atoms with E-state index in [4.69, 9.17) is 4.74 Å². The van der Waals surface area contributed by atoms with Crippen molar-refractivity contribution >= 4 is 0 Å². The van der Waals surface area contributed by atoms with E-state index >= 15 is 0 Å². The zero-order valence-electron chi connectivity index (χ0n) is 15.5. The van der Waals surface area contributed by atoms with E-state index in [1.54, 1.807) is 0 Å². The summed E-state index contributed by atoms with van der Waals surface area (Å²) in [6.07, 6.45) is 3.57. The zero-order chi connectivity index (χ0) is 16.7. The fourth-order valence-corrected chi connectivity index (χ4v) is 3.22. The van der Waals surface area contributed by atoms with Crippen LogP contribution in [0.3, 0.4) is 0 Å². The van der Waals surface area contributed by atoms with Crippen LogP contribution in [-0.4, -0.2) is 56.2 Å². The molecule has 3 nitrogen and oxygen atoms in total. The average Bonchev–Trinajstić information content (AvgIpc) is 2.57. The maximum Gasteiger partial charge on any atom is 0.122 e. The van der Waals surface area contributed by atoms with Crippen LogP contribution in [0.1, 0.15) is 50.7 Å². The molecule has 23 heavy (non-hydrogen) atoms. The summed E-state index contributed by atoms with van der Waals surface area (Å²) in [6, 6.07) is 6.81. The van der Waals surface area contributed by atoms with Crippen molar-refractivity contribution in [1.82, 2.24) is 9.80 Å². The quantitative estimate of drug-likeness (QED) is 0.725. The average molecular weight is 319 g/mol. The number of hydrogen-bond donors (Lipinski definition) is 0. The van der Waals surface area contributed by atoms with E-state index in [0.717, 1.165) is 18.8 Å². The highest BCUT2D eigenvalue weighted by molar-refractivity contribution is 5.39. The van der Waals surface area contributed by atoms with Gasteiger partial charge in [-0.25, -0.2) is 0 Å². The Kier molecular flexibility index (Phi) is 7.38. The Bertz CT molecular complexity index is 467. The van der Waals surface area contributed by atoms with E-state index < -0.39 is 0 Å². The Morgan fingerprint density at radius 2 is 1.87 bits per heavy atom. The third kappa shape index (κ3) is 5.50. The Labute approximate surface area is 142 Å². The summed E-state index contributed by atoms with van der Waals surface area (Å²) in [5.41, 5.74) is 2.84. The second-order valence-electron chi connectivity index (χ2n) is 6.86. The van der Waals surface area contributed by atoms with E-state index in [2.05, 4.69) is 55.8 Å². The van der Waals surface area contributed by atoms with Gasteiger partial charge in [0.25, 0.3) is 0 Å². The van der Waals surface area contributed by atoms with Gasteiger partial charge in [-0.05, 0) is 62.9 Å². The number of hydrogen-bond acceptors (Lipinski definition) is 3. The van der Waals surface area contributed by atoms with Crippen LogP contribution in [0.5, 0.6) is 5.75 Å². The number of ether oxygens (including phenoxy) is 1. The third-order valence-electron chi connectivity index (χ3n) is 5.05. The second kappa shape index (κ2) is 9.29. The predicted octanol–water partition coefficient (Wildman–Crippen LogP) is 3.78. The first-order valence-corrected chi connectivity index (χ1v) is 9.30. The molecule has 0 bridgehead atoms. The van der Waals surface area contributed by atoms with Crippen LogP contribution in [0, 0.1) is 0 Å². The number of benzene rings is 1. The molecule has 130 valence electrons. The fourth-order valence-electron chi connectivity index (χ4n) is 3.22. The lowest BCUT2D eigenvalue weighted by Gasteiger charge is -2.32. The summed E-state index contributed by atoms with van der Waals surface area (Å²) in [4.78, 5) is 5.02. The van der Waals surface area contributed by atoms with Crippen molar-refractivity contribution in [2.45, 2.75) is 46.0 Å². The van der Waals surface area contributed by atoms with Crippen molar-refractivity contribution in [2.24, 2.45) is 0 Å². The Hall–Kier alpha value is -1.06. The molecule has 1 aromatic rings. The van der Waals surface area contributed by atoms with Gasteiger partial charge in [0.15, 0.2) is 0 Å². The fraction of sp³-hybridized carbons (Fsp3) is 0.700. The molecule has 1 heterocycles. The van der Waals surface area contributed by atoms with Gasteiger partial charge in [0.2, 0.25) is 0 Å². The maximum absolute atomic E-state index is 5.81. The summed E-state index contributed by atoms with van der Waals surface area (Å²) in [5.74, 6) is 1.64. The number of likely N-dealkylation sites (N-methyl/N-ethyl adjacent to an activating group) is 1. The Morgan fingerprint density at radius 3 is 2.52 bits per heavy atom. The van der Waals surface area contributed by atoms with Crippen molar-refractivity contribution in [3.8, 4) is 5.75 Å². The minimum Gasteiger partial charge on any atom is -0.494 e. The third-order valence-corrected chi connectivity index (χ3v) is 5.05. The monoisotopic (exact) mass is 318 g/mol. The highest BCUT2D eigenvalue weighted by Gasteiger charge is 2.14. The summed E-state index contributed by atoms with van der Waals surface area (Å²) in [7, 11) is 2.22. The molecular weight excluding hydrogens is 284 g/mol. The van der Waals surface area contributed by atoms with E-state index in [1.807, 2.05) is 0 Å². The van der Waals surface area contributed by atoms with Crippen LogP contribution in [-0.2, 0) is 6.42 Å². The van der Waals surface area contributed by atoms with Crippen LogP contribution in [0.4, 0.5) is 0 Å². The minimum absolute atomic E-state index is 0.564. The maximum atomic E-state index is 5.81. The molecule has 1 saturated heterocycles. The molecule has 1 unspecified atom stereocenters. The highest BCUT2D eigenvalue weighted by atomic mass is 16.5. The molecule has 1 aliphatic heterocycles. The lowest BCUT2D eigenvalue weighted by atomic mass is 9.94. The molecular formula is C20H34N2O. The Morgan fingerprint density at radius 1 is 1.13 bits per heavy atom. The van der Waals surface area contributed by atoms with E-state index in [1.165, 1.54) is 56.7 Å². The number of piperazine rings is 1. The van der Waals surface area contributed by atoms with Gasteiger partial charge in [-0.15, -0.1) is 0 Å². The number of nitrogens with zero attached hydrogens (tertiary/aromatic N) is 2. The normalized spacial score (nSPS) is 18.1. The van der Waals surface area contributed by atoms with Gasteiger partial charge in [-0.3, -0.25) is 0 Å². The van der Waals surface area contributed by atoms with E-state index in [9.17, 15) is 0 Å². The van der Waals surface area contributed by atoms with Gasteiger partial charge in [-0.1, -0.05) is 26.0 Å². The van der Waals surface area contributed by atoms with E-state index in [0.29, 0.717) is 5.92 Å². The second-order valence-corrected chi connectivity index (χ2v) is 6.86. The molecule has 0 aromatic heterocycles. The van der Waals surface area contributed by atoms with Gasteiger partial charge in [0.05, 0.1) is 6.61 Å². The van der Waals surface area contributed by atoms with Gasteiger partial charge < -0.3 is 14.5 Å². The first-order valence-electron chi connectivity index (χ1n) is 9.30. The molecule has 0 aliphatic carbocycles. The topological polar surface area (TPSA) is 15.7 Å². The van der Waals surface area contributed by atoms with Gasteiger partial charge in [0.1, 0.15) is 5.75 Å².